The second-order valence-electron chi connectivity index (χ2n) is 8.82. The summed E-state index contributed by atoms with van der Waals surface area (Å²) >= 11 is 1.29. The second kappa shape index (κ2) is 10.0. The number of aliphatic carboxylic acids is 1. The van der Waals surface area contributed by atoms with Gasteiger partial charge in [-0.3, -0.25) is 4.79 Å². The summed E-state index contributed by atoms with van der Waals surface area (Å²) < 4.78 is 47.7. The van der Waals surface area contributed by atoms with E-state index in [4.69, 9.17) is 9.52 Å². The quantitative estimate of drug-likeness (QED) is 0.227. The van der Waals surface area contributed by atoms with E-state index in [1.807, 2.05) is 48.5 Å². The van der Waals surface area contributed by atoms with E-state index in [-0.39, 0.29) is 15.5 Å². The monoisotopic (exact) mass is 534 g/mol. The van der Waals surface area contributed by atoms with Crippen LogP contribution in [0.15, 0.2) is 99.1 Å². The van der Waals surface area contributed by atoms with Crippen molar-refractivity contribution in [1.82, 2.24) is 0 Å². The van der Waals surface area contributed by atoms with Crippen molar-refractivity contribution in [3.8, 4) is 11.1 Å². The third kappa shape index (κ3) is 4.86. The molecule has 0 aliphatic carbocycles. The van der Waals surface area contributed by atoms with E-state index in [0.29, 0.717) is 22.5 Å². The fraction of sp³-hybridized carbons (Fsp3) is 0.138. The first kappa shape index (κ1) is 25.0. The first-order valence-corrected chi connectivity index (χ1v) is 14.2. The van der Waals surface area contributed by atoms with Crippen molar-refractivity contribution in [2.24, 2.45) is 5.92 Å². The Morgan fingerprint density at radius 3 is 2.46 bits per heavy atom. The summed E-state index contributed by atoms with van der Waals surface area (Å²) in [4.78, 5) is 10.9. The van der Waals surface area contributed by atoms with Crippen molar-refractivity contribution in [2.45, 2.75) is 22.5 Å². The van der Waals surface area contributed by atoms with E-state index < -0.39 is 27.5 Å². The van der Waals surface area contributed by atoms with Crippen LogP contribution in [0.4, 0.5) is 4.39 Å². The molecule has 0 fully saturated rings. The molecule has 8 heteroatoms. The molecular formula is C29H23FO5S2. The van der Waals surface area contributed by atoms with Gasteiger partial charge in [-0.15, -0.1) is 0 Å². The molecule has 0 aliphatic rings. The van der Waals surface area contributed by atoms with Crippen molar-refractivity contribution >= 4 is 49.5 Å². The van der Waals surface area contributed by atoms with Gasteiger partial charge in [0.1, 0.15) is 17.0 Å². The van der Waals surface area contributed by atoms with Crippen molar-refractivity contribution < 1.29 is 27.1 Å². The number of fused-ring (bicyclic) bond motifs is 3. The lowest BCUT2D eigenvalue weighted by molar-refractivity contribution is -0.140. The van der Waals surface area contributed by atoms with Crippen LogP contribution in [0.3, 0.4) is 0 Å². The third-order valence-corrected chi connectivity index (χ3v) is 9.24. The maximum absolute atomic E-state index is 14.8. The summed E-state index contributed by atoms with van der Waals surface area (Å²) in [6.07, 6.45) is 0. The lowest BCUT2D eigenvalue weighted by atomic mass is 10.0. The Morgan fingerprint density at radius 2 is 1.68 bits per heavy atom. The highest BCUT2D eigenvalue weighted by atomic mass is 32.2. The largest absolute Gasteiger partial charge is 0.481 e. The number of hydrogen-bond acceptors (Lipinski definition) is 5. The van der Waals surface area contributed by atoms with Crippen LogP contribution in [0.1, 0.15) is 12.5 Å². The molecule has 37 heavy (non-hydrogen) atoms. The van der Waals surface area contributed by atoms with Gasteiger partial charge in [-0.1, -0.05) is 61.5 Å². The minimum atomic E-state index is -3.99. The van der Waals surface area contributed by atoms with E-state index in [1.165, 1.54) is 30.0 Å². The van der Waals surface area contributed by atoms with Crippen LogP contribution in [-0.4, -0.2) is 25.2 Å². The zero-order valence-corrected chi connectivity index (χ0v) is 21.5. The van der Waals surface area contributed by atoms with Crippen LogP contribution < -0.4 is 0 Å². The summed E-state index contributed by atoms with van der Waals surface area (Å²) in [6.45, 7) is 1.59. The lowest BCUT2D eigenvalue weighted by Gasteiger charge is -2.10. The van der Waals surface area contributed by atoms with Gasteiger partial charge in [0.2, 0.25) is 9.84 Å². The van der Waals surface area contributed by atoms with Gasteiger partial charge in [0.05, 0.1) is 15.7 Å². The average Bonchev–Trinajstić information content (AvgIpc) is 3.28. The van der Waals surface area contributed by atoms with Gasteiger partial charge in [0.15, 0.2) is 0 Å². The zero-order chi connectivity index (χ0) is 26.2. The molecule has 1 atom stereocenters. The van der Waals surface area contributed by atoms with Gasteiger partial charge in [-0.25, -0.2) is 12.8 Å². The number of benzene rings is 4. The number of carboxylic acids is 1. The van der Waals surface area contributed by atoms with Crippen molar-refractivity contribution in [2.75, 3.05) is 5.75 Å². The van der Waals surface area contributed by atoms with Crippen LogP contribution in [0.2, 0.25) is 0 Å². The lowest BCUT2D eigenvalue weighted by Crippen LogP contribution is -2.12. The van der Waals surface area contributed by atoms with Gasteiger partial charge in [-0.05, 0) is 41.5 Å². The third-order valence-electron chi connectivity index (χ3n) is 6.24. The van der Waals surface area contributed by atoms with E-state index in [0.717, 1.165) is 28.0 Å². The predicted octanol–water partition coefficient (Wildman–Crippen LogP) is 7.18. The van der Waals surface area contributed by atoms with Crippen LogP contribution in [0, 0.1) is 11.7 Å². The molecule has 0 saturated heterocycles. The van der Waals surface area contributed by atoms with Crippen molar-refractivity contribution in [3.63, 3.8) is 0 Å². The molecule has 0 aliphatic heterocycles. The van der Waals surface area contributed by atoms with Gasteiger partial charge in [0, 0.05) is 27.8 Å². The van der Waals surface area contributed by atoms with E-state index >= 15 is 0 Å². The van der Waals surface area contributed by atoms with Crippen molar-refractivity contribution in [3.05, 3.63) is 96.3 Å². The van der Waals surface area contributed by atoms with E-state index in [9.17, 15) is 17.6 Å². The second-order valence-corrected chi connectivity index (χ2v) is 11.8. The number of hydrogen-bond donors (Lipinski definition) is 1. The van der Waals surface area contributed by atoms with Gasteiger partial charge in [-0.2, -0.15) is 11.8 Å². The summed E-state index contributed by atoms with van der Waals surface area (Å²) in [5.74, 6) is -1.52. The number of rotatable bonds is 8. The van der Waals surface area contributed by atoms with Gasteiger partial charge < -0.3 is 9.52 Å². The fourth-order valence-corrected chi connectivity index (χ4v) is 6.56. The molecule has 0 saturated carbocycles. The SMILES string of the molecule is CC(CSCc1ccc(S(=O)(=O)c2cccc(-c3cccc4c3oc3ccccc34)c2)cc1F)C(=O)O. The Bertz CT molecular complexity index is 1740. The summed E-state index contributed by atoms with van der Waals surface area (Å²) in [6, 6.07) is 23.9. The molecule has 0 bridgehead atoms. The van der Waals surface area contributed by atoms with Crippen LogP contribution >= 0.6 is 11.8 Å². The Labute approximate surface area is 217 Å². The van der Waals surface area contributed by atoms with E-state index in [1.54, 1.807) is 19.1 Å². The highest BCUT2D eigenvalue weighted by molar-refractivity contribution is 7.98. The number of carbonyl (C=O) groups is 1. The predicted molar refractivity (Wildman–Crippen MR) is 144 cm³/mol. The standard InChI is InChI=1S/C29H23FO5S2/c1-18(29(31)32)16-36-17-20-12-13-22(15-26(20)30)37(33,34)21-7-4-6-19(14-21)23-9-5-10-25-24-8-2-3-11-27(24)35-28(23)25/h2-15,18H,16-17H2,1H3,(H,31,32). The molecule has 1 aromatic heterocycles. The molecule has 1 heterocycles. The Balaban J connectivity index is 1.45. The fourth-order valence-electron chi connectivity index (χ4n) is 4.17. The minimum absolute atomic E-state index is 0.0509. The molecule has 5 rings (SSSR count). The number of carboxylic acid groups (broad SMARTS) is 1. The molecule has 0 spiro atoms. The van der Waals surface area contributed by atoms with Crippen molar-refractivity contribution in [1.29, 1.82) is 0 Å². The molecule has 0 amide bonds. The highest BCUT2D eigenvalue weighted by Crippen LogP contribution is 2.36. The van der Waals surface area contributed by atoms with Gasteiger partial charge >= 0.3 is 5.97 Å². The van der Waals surface area contributed by atoms with Gasteiger partial charge in [0.25, 0.3) is 0 Å². The summed E-state index contributed by atoms with van der Waals surface area (Å²) in [5, 5.41) is 10.9. The Kier molecular flexibility index (Phi) is 6.79. The smallest absolute Gasteiger partial charge is 0.307 e. The average molecular weight is 535 g/mol. The number of sulfone groups is 1. The van der Waals surface area contributed by atoms with Crippen LogP contribution in [0.25, 0.3) is 33.1 Å². The Morgan fingerprint density at radius 1 is 0.946 bits per heavy atom. The van der Waals surface area contributed by atoms with E-state index in [2.05, 4.69) is 0 Å². The summed E-state index contributed by atoms with van der Waals surface area (Å²) in [5.41, 5.74) is 3.18. The molecular weight excluding hydrogens is 511 g/mol. The molecule has 1 unspecified atom stereocenters. The maximum atomic E-state index is 14.8. The number of halogens is 1. The summed E-state index contributed by atoms with van der Waals surface area (Å²) in [7, 11) is -3.99. The number of para-hydroxylation sites is 2. The number of thioether (sulfide) groups is 1. The maximum Gasteiger partial charge on any atom is 0.307 e. The highest BCUT2D eigenvalue weighted by Gasteiger charge is 2.21. The molecule has 1 N–H and O–H groups in total. The molecule has 0 radical (unpaired) electrons. The topological polar surface area (TPSA) is 84.6 Å². The normalized spacial score (nSPS) is 12.7. The minimum Gasteiger partial charge on any atom is -0.481 e. The zero-order valence-electron chi connectivity index (χ0n) is 19.8. The Hall–Kier alpha value is -3.62. The van der Waals surface area contributed by atoms with Crippen LogP contribution in [0.5, 0.6) is 0 Å². The molecule has 5 nitrogen and oxygen atoms in total. The first-order valence-electron chi connectivity index (χ1n) is 11.6. The van der Waals surface area contributed by atoms with Crippen LogP contribution in [-0.2, 0) is 20.4 Å². The molecule has 4 aromatic carbocycles. The molecule has 188 valence electrons. The molecule has 5 aromatic rings. The number of furan rings is 1. The first-order chi connectivity index (χ1) is 17.8.